The fourth-order valence-electron chi connectivity index (χ4n) is 7.90. The molecule has 0 spiro atoms. The fraction of sp³-hybridized carbons (Fsp3) is 0. The molecule has 0 amide bonds. The summed E-state index contributed by atoms with van der Waals surface area (Å²) < 4.78 is 0. The molecule has 0 unspecified atom stereocenters. The van der Waals surface area contributed by atoms with E-state index in [-0.39, 0.29) is 0 Å². The maximum atomic E-state index is 2.49. The van der Waals surface area contributed by atoms with Crippen LogP contribution in [0, 0.1) is 0 Å². The van der Waals surface area contributed by atoms with Crippen LogP contribution in [0.25, 0.3) is 11.1 Å². The summed E-state index contributed by atoms with van der Waals surface area (Å²) in [5, 5.41) is 5.55. The Morgan fingerprint density at radius 3 is 1.33 bits per heavy atom. The molecule has 0 fully saturated rings. The lowest BCUT2D eigenvalue weighted by Gasteiger charge is -2.45. The SMILES string of the molecule is c1ccc(N(c2ccccc2)c2ccc(-c3ccc4c(c3)[Si](c3ccccc3)(c3ccccc3)c3ccccc3N4c3ccccc3)cc2)cc1. The Balaban J connectivity index is 1.26. The van der Waals surface area contributed by atoms with E-state index in [0.29, 0.717) is 0 Å². The van der Waals surface area contributed by atoms with Gasteiger partial charge in [-0.1, -0.05) is 158 Å². The van der Waals surface area contributed by atoms with Gasteiger partial charge < -0.3 is 9.80 Å². The third-order valence-corrected chi connectivity index (χ3v) is 14.9. The van der Waals surface area contributed by atoms with Crippen molar-refractivity contribution in [2.75, 3.05) is 9.80 Å². The van der Waals surface area contributed by atoms with E-state index in [1.54, 1.807) is 0 Å². The van der Waals surface area contributed by atoms with Crippen molar-refractivity contribution in [3.05, 3.63) is 218 Å². The molecule has 1 heterocycles. The Morgan fingerprint density at radius 2 is 0.765 bits per heavy atom. The van der Waals surface area contributed by atoms with Crippen molar-refractivity contribution in [1.29, 1.82) is 0 Å². The van der Waals surface area contributed by atoms with Crippen molar-refractivity contribution in [3.8, 4) is 11.1 Å². The highest BCUT2D eigenvalue weighted by atomic mass is 28.3. The molecule has 2 nitrogen and oxygen atoms in total. The number of benzene rings is 8. The molecule has 0 aliphatic carbocycles. The Kier molecular flexibility index (Phi) is 7.88. The van der Waals surface area contributed by atoms with Crippen LogP contribution in [0.4, 0.5) is 34.1 Å². The second-order valence-corrected chi connectivity index (χ2v) is 16.7. The Morgan fingerprint density at radius 1 is 0.333 bits per heavy atom. The smallest absolute Gasteiger partial charge is 0.184 e. The number of anilines is 6. The average Bonchev–Trinajstić information content (AvgIpc) is 3.22. The first-order valence-corrected chi connectivity index (χ1v) is 19.5. The Bertz CT molecular complexity index is 2320. The van der Waals surface area contributed by atoms with Crippen molar-refractivity contribution in [2.45, 2.75) is 0 Å². The minimum Gasteiger partial charge on any atom is -0.311 e. The molecule has 9 rings (SSSR count). The molecule has 0 saturated carbocycles. The maximum Gasteiger partial charge on any atom is 0.184 e. The first-order chi connectivity index (χ1) is 25.3. The van der Waals surface area contributed by atoms with Crippen LogP contribution in [0.2, 0.25) is 0 Å². The molecule has 0 aromatic heterocycles. The van der Waals surface area contributed by atoms with Crippen molar-refractivity contribution >= 4 is 62.9 Å². The zero-order valence-corrected chi connectivity index (χ0v) is 29.2. The van der Waals surface area contributed by atoms with E-state index in [4.69, 9.17) is 0 Å². The molecule has 1 aliphatic rings. The molecule has 3 heteroatoms. The van der Waals surface area contributed by atoms with E-state index >= 15 is 0 Å². The van der Waals surface area contributed by atoms with E-state index in [2.05, 4.69) is 228 Å². The summed E-state index contributed by atoms with van der Waals surface area (Å²) in [7, 11) is -2.78. The molecule has 0 N–H and O–H groups in total. The highest BCUT2D eigenvalue weighted by Crippen LogP contribution is 2.40. The predicted octanol–water partition coefficient (Wildman–Crippen LogP) is 9.98. The molecule has 0 atom stereocenters. The fourth-order valence-corrected chi connectivity index (χ4v) is 13.0. The molecule has 242 valence electrons. The van der Waals surface area contributed by atoms with Gasteiger partial charge in [0, 0.05) is 34.1 Å². The van der Waals surface area contributed by atoms with Crippen molar-refractivity contribution in [1.82, 2.24) is 0 Å². The van der Waals surface area contributed by atoms with Gasteiger partial charge in [-0.05, 0) is 92.5 Å². The summed E-state index contributed by atoms with van der Waals surface area (Å²) in [5.41, 5.74) is 9.43. The van der Waals surface area contributed by atoms with Gasteiger partial charge in [0.15, 0.2) is 8.07 Å². The van der Waals surface area contributed by atoms with Gasteiger partial charge in [-0.2, -0.15) is 0 Å². The van der Waals surface area contributed by atoms with Gasteiger partial charge in [0.1, 0.15) is 0 Å². The van der Waals surface area contributed by atoms with Gasteiger partial charge >= 0.3 is 0 Å². The highest BCUT2D eigenvalue weighted by Gasteiger charge is 2.48. The lowest BCUT2D eigenvalue weighted by Crippen LogP contribution is -2.77. The monoisotopic (exact) mass is 668 g/mol. The van der Waals surface area contributed by atoms with Gasteiger partial charge in [0.2, 0.25) is 0 Å². The second kappa shape index (κ2) is 13.1. The first-order valence-electron chi connectivity index (χ1n) is 17.5. The van der Waals surface area contributed by atoms with Crippen LogP contribution in [0.5, 0.6) is 0 Å². The number of hydrogen-bond acceptors (Lipinski definition) is 2. The molecule has 0 saturated heterocycles. The molecule has 0 bridgehead atoms. The number of para-hydroxylation sites is 4. The molecule has 0 radical (unpaired) electrons. The van der Waals surface area contributed by atoms with Gasteiger partial charge in [-0.15, -0.1) is 0 Å². The summed E-state index contributed by atoms with van der Waals surface area (Å²) >= 11 is 0. The zero-order valence-electron chi connectivity index (χ0n) is 28.2. The topological polar surface area (TPSA) is 6.48 Å². The van der Waals surface area contributed by atoms with Crippen molar-refractivity contribution < 1.29 is 0 Å². The van der Waals surface area contributed by atoms with Crippen LogP contribution in [-0.4, -0.2) is 8.07 Å². The van der Waals surface area contributed by atoms with Crippen molar-refractivity contribution in [3.63, 3.8) is 0 Å². The number of hydrogen-bond donors (Lipinski definition) is 0. The van der Waals surface area contributed by atoms with Crippen molar-refractivity contribution in [2.24, 2.45) is 0 Å². The number of fused-ring (bicyclic) bond motifs is 2. The Hall–Kier alpha value is -6.42. The standard InChI is InChI=1S/C48H36N2Si/c1-6-18-39(19-7-1)49(40-20-8-2-9-21-40)42-33-30-37(31-34-42)38-32-35-46-48(36-38)51(43-24-12-4-13-25-43,44-26-14-5-15-27-44)47-29-17-16-28-45(47)50(46)41-22-10-3-11-23-41/h1-36H. The molecule has 51 heavy (non-hydrogen) atoms. The molecule has 8 aromatic rings. The summed E-state index contributed by atoms with van der Waals surface area (Å²) in [6.07, 6.45) is 0. The summed E-state index contributed by atoms with van der Waals surface area (Å²) in [6.45, 7) is 0. The van der Waals surface area contributed by atoms with E-state index in [1.165, 1.54) is 43.2 Å². The van der Waals surface area contributed by atoms with Crippen LogP contribution in [-0.2, 0) is 0 Å². The quantitative estimate of drug-likeness (QED) is 0.156. The van der Waals surface area contributed by atoms with Gasteiger partial charge in [-0.3, -0.25) is 0 Å². The summed E-state index contributed by atoms with van der Waals surface area (Å²) in [6, 6.07) is 79.7. The van der Waals surface area contributed by atoms with E-state index in [9.17, 15) is 0 Å². The largest absolute Gasteiger partial charge is 0.311 e. The first kappa shape index (κ1) is 30.6. The van der Waals surface area contributed by atoms with E-state index in [0.717, 1.165) is 22.7 Å². The van der Waals surface area contributed by atoms with Gasteiger partial charge in [-0.25, -0.2) is 0 Å². The summed E-state index contributed by atoms with van der Waals surface area (Å²) in [4.78, 5) is 4.78. The molecular weight excluding hydrogens is 633 g/mol. The van der Waals surface area contributed by atoms with E-state index in [1.807, 2.05) is 0 Å². The molecule has 1 aliphatic heterocycles. The Labute approximate surface area is 301 Å². The number of rotatable bonds is 7. The van der Waals surface area contributed by atoms with Gasteiger partial charge in [0.05, 0.1) is 0 Å². The lowest BCUT2D eigenvalue weighted by molar-refractivity contribution is 1.28. The molecule has 8 aromatic carbocycles. The van der Waals surface area contributed by atoms with Crippen LogP contribution >= 0.6 is 0 Å². The minimum atomic E-state index is -2.78. The third-order valence-electron chi connectivity index (χ3n) is 10.1. The second-order valence-electron chi connectivity index (χ2n) is 13.0. The predicted molar refractivity (Wildman–Crippen MR) is 218 cm³/mol. The third kappa shape index (κ3) is 5.27. The average molecular weight is 669 g/mol. The van der Waals surface area contributed by atoms with Gasteiger partial charge in [0.25, 0.3) is 0 Å². The molecular formula is C48H36N2Si. The normalized spacial score (nSPS) is 12.8. The van der Waals surface area contributed by atoms with Crippen LogP contribution in [0.3, 0.4) is 0 Å². The minimum absolute atomic E-state index is 1.12. The van der Waals surface area contributed by atoms with E-state index < -0.39 is 8.07 Å². The lowest BCUT2D eigenvalue weighted by atomic mass is 10.0. The van der Waals surface area contributed by atoms with Crippen LogP contribution in [0.15, 0.2) is 218 Å². The summed E-state index contributed by atoms with van der Waals surface area (Å²) in [5.74, 6) is 0. The zero-order chi connectivity index (χ0) is 34.0. The maximum absolute atomic E-state index is 2.78. The highest BCUT2D eigenvalue weighted by molar-refractivity contribution is 7.21. The van der Waals surface area contributed by atoms with Crippen LogP contribution < -0.4 is 30.5 Å². The number of nitrogens with zero attached hydrogens (tertiary/aromatic N) is 2. The van der Waals surface area contributed by atoms with Crippen LogP contribution in [0.1, 0.15) is 0 Å².